The van der Waals surface area contributed by atoms with Crippen LogP contribution in [-0.4, -0.2) is 9.97 Å². The first-order valence-corrected chi connectivity index (χ1v) is 5.24. The zero-order valence-electron chi connectivity index (χ0n) is 8.60. The van der Waals surface area contributed by atoms with Gasteiger partial charge >= 0.3 is 0 Å². The van der Waals surface area contributed by atoms with Gasteiger partial charge in [0.1, 0.15) is 0 Å². The van der Waals surface area contributed by atoms with Crippen molar-refractivity contribution in [1.82, 2.24) is 9.97 Å². The molecule has 15 heavy (non-hydrogen) atoms. The van der Waals surface area contributed by atoms with Crippen LogP contribution in [-0.2, 0) is 0 Å². The van der Waals surface area contributed by atoms with Gasteiger partial charge < -0.3 is 10.2 Å². The highest BCUT2D eigenvalue weighted by molar-refractivity contribution is 5.67. The molecule has 4 heteroatoms. The Morgan fingerprint density at radius 2 is 2.20 bits per heavy atom. The van der Waals surface area contributed by atoms with Crippen molar-refractivity contribution < 1.29 is 4.42 Å². The summed E-state index contributed by atoms with van der Waals surface area (Å²) in [5.74, 6) is 1.18. The molecule has 1 unspecified atom stereocenters. The molecular formula is C11H13N3O. The van der Waals surface area contributed by atoms with Crippen molar-refractivity contribution in [3.05, 3.63) is 23.7 Å². The van der Waals surface area contributed by atoms with Crippen molar-refractivity contribution in [2.75, 3.05) is 0 Å². The lowest BCUT2D eigenvalue weighted by Crippen LogP contribution is -2.12. The molecule has 1 aliphatic carbocycles. The highest BCUT2D eigenvalue weighted by atomic mass is 16.3. The number of hydrogen-bond acceptors (Lipinski definition) is 4. The van der Waals surface area contributed by atoms with E-state index in [1.807, 2.05) is 19.1 Å². The van der Waals surface area contributed by atoms with E-state index in [0.717, 1.165) is 11.3 Å². The minimum absolute atomic E-state index is 0.0560. The van der Waals surface area contributed by atoms with E-state index in [0.29, 0.717) is 17.5 Å². The summed E-state index contributed by atoms with van der Waals surface area (Å²) in [4.78, 5) is 8.63. The largest absolute Gasteiger partial charge is 0.437 e. The van der Waals surface area contributed by atoms with Gasteiger partial charge in [-0.1, -0.05) is 0 Å². The molecule has 2 aromatic heterocycles. The van der Waals surface area contributed by atoms with Crippen LogP contribution >= 0.6 is 0 Å². The first kappa shape index (κ1) is 8.85. The number of oxazole rings is 1. The molecule has 1 aliphatic rings. The van der Waals surface area contributed by atoms with E-state index in [4.69, 9.17) is 10.2 Å². The molecule has 0 aromatic carbocycles. The van der Waals surface area contributed by atoms with Crippen LogP contribution in [0.2, 0.25) is 0 Å². The number of hydrogen-bond donors (Lipinski definition) is 1. The van der Waals surface area contributed by atoms with E-state index < -0.39 is 0 Å². The van der Waals surface area contributed by atoms with Crippen molar-refractivity contribution in [2.45, 2.75) is 25.8 Å². The summed E-state index contributed by atoms with van der Waals surface area (Å²) in [6, 6.07) is 3.76. The molecular weight excluding hydrogens is 190 g/mol. The molecule has 0 amide bonds. The molecule has 2 aromatic rings. The molecule has 0 spiro atoms. The summed E-state index contributed by atoms with van der Waals surface area (Å²) in [5.41, 5.74) is 8.36. The second-order valence-corrected chi connectivity index (χ2v) is 4.19. The van der Waals surface area contributed by atoms with E-state index >= 15 is 0 Å². The second kappa shape index (κ2) is 3.03. The summed E-state index contributed by atoms with van der Waals surface area (Å²) < 4.78 is 5.59. The Balaban J connectivity index is 2.05. The molecule has 0 saturated heterocycles. The van der Waals surface area contributed by atoms with Crippen molar-refractivity contribution in [3.63, 3.8) is 0 Å². The Kier molecular flexibility index (Phi) is 1.79. The molecule has 2 N–H and O–H groups in total. The minimum Gasteiger partial charge on any atom is -0.437 e. The normalized spacial score (nSPS) is 18.3. The third-order valence-electron chi connectivity index (χ3n) is 2.82. The molecule has 0 bridgehead atoms. The first-order valence-electron chi connectivity index (χ1n) is 5.24. The highest BCUT2D eigenvalue weighted by Crippen LogP contribution is 2.39. The molecule has 78 valence electrons. The average Bonchev–Trinajstić information content (AvgIpc) is 2.97. The van der Waals surface area contributed by atoms with E-state index in [1.165, 1.54) is 12.8 Å². The number of pyridine rings is 1. The van der Waals surface area contributed by atoms with Gasteiger partial charge in [0.15, 0.2) is 11.2 Å². The van der Waals surface area contributed by atoms with Crippen LogP contribution in [0, 0.1) is 12.8 Å². The molecule has 0 aliphatic heterocycles. The van der Waals surface area contributed by atoms with Gasteiger partial charge in [0.25, 0.3) is 0 Å². The summed E-state index contributed by atoms with van der Waals surface area (Å²) in [7, 11) is 0. The van der Waals surface area contributed by atoms with Crippen LogP contribution in [0.5, 0.6) is 0 Å². The lowest BCUT2D eigenvalue weighted by Gasteiger charge is -2.02. The summed E-state index contributed by atoms with van der Waals surface area (Å²) in [5, 5.41) is 0. The maximum atomic E-state index is 6.02. The topological polar surface area (TPSA) is 64.9 Å². The third kappa shape index (κ3) is 1.51. The predicted molar refractivity (Wildman–Crippen MR) is 56.2 cm³/mol. The minimum atomic E-state index is -0.0560. The Morgan fingerprint density at radius 3 is 2.93 bits per heavy atom. The van der Waals surface area contributed by atoms with E-state index in [9.17, 15) is 0 Å². The maximum absolute atomic E-state index is 6.02. The lowest BCUT2D eigenvalue weighted by molar-refractivity contribution is 0.448. The molecule has 1 fully saturated rings. The van der Waals surface area contributed by atoms with Crippen LogP contribution in [0.15, 0.2) is 16.5 Å². The van der Waals surface area contributed by atoms with E-state index in [1.54, 1.807) is 0 Å². The van der Waals surface area contributed by atoms with E-state index in [2.05, 4.69) is 9.97 Å². The third-order valence-corrected chi connectivity index (χ3v) is 2.82. The van der Waals surface area contributed by atoms with Crippen molar-refractivity contribution in [2.24, 2.45) is 11.7 Å². The Hall–Kier alpha value is -1.42. The SMILES string of the molecule is Cc1ccc2oc(C(N)C3CC3)nc2n1. The van der Waals surface area contributed by atoms with Crippen LogP contribution < -0.4 is 5.73 Å². The first-order chi connectivity index (χ1) is 7.24. The molecule has 1 atom stereocenters. The van der Waals surface area contributed by atoms with Gasteiger partial charge in [-0.15, -0.1) is 0 Å². The lowest BCUT2D eigenvalue weighted by atomic mass is 10.2. The number of aryl methyl sites for hydroxylation is 1. The van der Waals surface area contributed by atoms with Crippen LogP contribution in [0.3, 0.4) is 0 Å². The van der Waals surface area contributed by atoms with Crippen LogP contribution in [0.25, 0.3) is 11.2 Å². The Labute approximate surface area is 87.5 Å². The van der Waals surface area contributed by atoms with Gasteiger partial charge in [0, 0.05) is 5.69 Å². The predicted octanol–water partition coefficient (Wildman–Crippen LogP) is 1.94. The Bertz CT molecular complexity index is 502. The number of aromatic nitrogens is 2. The van der Waals surface area contributed by atoms with Crippen LogP contribution in [0.4, 0.5) is 0 Å². The summed E-state index contributed by atoms with van der Waals surface area (Å²) in [6.07, 6.45) is 2.37. The number of fused-ring (bicyclic) bond motifs is 1. The molecule has 0 radical (unpaired) electrons. The maximum Gasteiger partial charge on any atom is 0.214 e. The van der Waals surface area contributed by atoms with Crippen molar-refractivity contribution in [3.8, 4) is 0 Å². The summed E-state index contributed by atoms with van der Waals surface area (Å²) in [6.45, 7) is 1.94. The molecule has 1 saturated carbocycles. The number of nitrogens with two attached hydrogens (primary N) is 1. The smallest absolute Gasteiger partial charge is 0.214 e. The summed E-state index contributed by atoms with van der Waals surface area (Å²) >= 11 is 0. The van der Waals surface area contributed by atoms with Gasteiger partial charge in [0.2, 0.25) is 5.89 Å². The van der Waals surface area contributed by atoms with Gasteiger partial charge in [-0.2, -0.15) is 4.98 Å². The van der Waals surface area contributed by atoms with Crippen LogP contribution in [0.1, 0.15) is 30.5 Å². The highest BCUT2D eigenvalue weighted by Gasteiger charge is 2.32. The Morgan fingerprint density at radius 1 is 1.40 bits per heavy atom. The second-order valence-electron chi connectivity index (χ2n) is 4.19. The molecule has 2 heterocycles. The van der Waals surface area contributed by atoms with Gasteiger partial charge in [0.05, 0.1) is 6.04 Å². The van der Waals surface area contributed by atoms with Gasteiger partial charge in [-0.05, 0) is 37.8 Å². The molecule has 3 rings (SSSR count). The monoisotopic (exact) mass is 203 g/mol. The zero-order valence-corrected chi connectivity index (χ0v) is 8.60. The molecule has 4 nitrogen and oxygen atoms in total. The van der Waals surface area contributed by atoms with E-state index in [-0.39, 0.29) is 6.04 Å². The number of nitrogens with zero attached hydrogens (tertiary/aromatic N) is 2. The van der Waals surface area contributed by atoms with Crippen molar-refractivity contribution >= 4 is 11.2 Å². The average molecular weight is 203 g/mol. The zero-order chi connectivity index (χ0) is 10.4. The quantitative estimate of drug-likeness (QED) is 0.810. The number of rotatable bonds is 2. The fourth-order valence-corrected chi connectivity index (χ4v) is 1.73. The fraction of sp³-hybridized carbons (Fsp3) is 0.455. The fourth-order valence-electron chi connectivity index (χ4n) is 1.73. The van der Waals surface area contributed by atoms with Crippen molar-refractivity contribution in [1.29, 1.82) is 0 Å². The van der Waals surface area contributed by atoms with Gasteiger partial charge in [-0.3, -0.25) is 0 Å². The van der Waals surface area contributed by atoms with Gasteiger partial charge in [-0.25, -0.2) is 4.98 Å². The standard InChI is InChI=1S/C11H13N3O/c1-6-2-5-8-10(13-6)14-11(15-8)9(12)7-3-4-7/h2,5,7,9H,3-4,12H2,1H3.